The first kappa shape index (κ1) is 23.8. The van der Waals surface area contributed by atoms with E-state index in [4.69, 9.17) is 10.8 Å². The molecule has 0 saturated heterocycles. The molecule has 1 fully saturated rings. The smallest absolute Gasteiger partial charge is 0.258 e. The predicted molar refractivity (Wildman–Crippen MR) is 144 cm³/mol. The van der Waals surface area contributed by atoms with E-state index in [1.54, 1.807) is 17.2 Å². The van der Waals surface area contributed by atoms with Crippen LogP contribution in [0.15, 0.2) is 54.2 Å². The van der Waals surface area contributed by atoms with Crippen LogP contribution in [0.5, 0.6) is 0 Å². The minimum atomic E-state index is -0.322. The first-order valence-electron chi connectivity index (χ1n) is 12.7. The summed E-state index contributed by atoms with van der Waals surface area (Å²) in [5.41, 5.74) is 12.6. The van der Waals surface area contributed by atoms with Crippen molar-refractivity contribution in [3.8, 4) is 5.69 Å². The zero-order chi connectivity index (χ0) is 25.7. The lowest BCUT2D eigenvalue weighted by molar-refractivity contribution is -0.126. The standard InChI is InChI=1S/C28H30N6O2S/c1-3-26(35)32-12-10-22-27-23(34(31-22)19-8-6-18(7-9-19)17-4-5-17)11-13-33(24(27)16-32)28(36)20-15-30-25(37-2)14-21(20)29/h3,6-9,14-15,17,24H,1,4-5,10-13,16H2,2H3,(H2,29,30)/t24-/m0/s1. The molecule has 37 heavy (non-hydrogen) atoms. The normalized spacial score (nSPS) is 18.8. The number of thioether (sulfide) groups is 1. The first-order valence-corrected chi connectivity index (χ1v) is 13.9. The molecule has 1 saturated carbocycles. The van der Waals surface area contributed by atoms with Gasteiger partial charge in [-0.3, -0.25) is 9.59 Å². The second-order valence-electron chi connectivity index (χ2n) is 9.90. The molecule has 9 heteroatoms. The summed E-state index contributed by atoms with van der Waals surface area (Å²) in [6.07, 6.45) is 8.65. The second-order valence-corrected chi connectivity index (χ2v) is 10.7. The Hall–Kier alpha value is -3.59. The van der Waals surface area contributed by atoms with Gasteiger partial charge in [0.1, 0.15) is 0 Å². The maximum atomic E-state index is 13.8. The van der Waals surface area contributed by atoms with Gasteiger partial charge in [-0.1, -0.05) is 18.7 Å². The molecule has 190 valence electrons. The van der Waals surface area contributed by atoms with E-state index in [9.17, 15) is 9.59 Å². The molecule has 6 rings (SSSR count). The van der Waals surface area contributed by atoms with Crippen molar-refractivity contribution in [2.45, 2.75) is 42.7 Å². The van der Waals surface area contributed by atoms with E-state index in [2.05, 4.69) is 35.8 Å². The number of carbonyl (C=O) groups is 2. The van der Waals surface area contributed by atoms with E-state index in [1.165, 1.54) is 36.2 Å². The minimum Gasteiger partial charge on any atom is -0.398 e. The third-order valence-electron chi connectivity index (χ3n) is 7.69. The number of benzene rings is 1. The fourth-order valence-electron chi connectivity index (χ4n) is 5.58. The topological polar surface area (TPSA) is 97.4 Å². The van der Waals surface area contributed by atoms with Gasteiger partial charge >= 0.3 is 0 Å². The lowest BCUT2D eigenvalue weighted by Crippen LogP contribution is -2.46. The zero-order valence-corrected chi connectivity index (χ0v) is 21.7. The number of anilines is 1. The molecule has 1 atom stereocenters. The summed E-state index contributed by atoms with van der Waals surface area (Å²) in [5, 5.41) is 5.80. The van der Waals surface area contributed by atoms with Crippen molar-refractivity contribution in [1.29, 1.82) is 0 Å². The molecule has 0 spiro atoms. The van der Waals surface area contributed by atoms with Gasteiger partial charge in [-0.05, 0) is 54.9 Å². The summed E-state index contributed by atoms with van der Waals surface area (Å²) >= 11 is 1.48. The molecule has 3 aliphatic rings. The number of pyridine rings is 1. The number of nitrogens with two attached hydrogens (primary N) is 1. The van der Waals surface area contributed by atoms with Crippen molar-refractivity contribution in [3.05, 3.63) is 77.3 Å². The van der Waals surface area contributed by atoms with Gasteiger partial charge in [-0.25, -0.2) is 9.67 Å². The largest absolute Gasteiger partial charge is 0.398 e. The van der Waals surface area contributed by atoms with Crippen LogP contribution >= 0.6 is 11.8 Å². The molecule has 4 heterocycles. The Morgan fingerprint density at radius 3 is 2.62 bits per heavy atom. The number of nitrogen functional groups attached to an aromatic ring is 1. The number of hydrogen-bond acceptors (Lipinski definition) is 6. The monoisotopic (exact) mass is 514 g/mol. The van der Waals surface area contributed by atoms with E-state index in [-0.39, 0.29) is 17.9 Å². The van der Waals surface area contributed by atoms with Crippen molar-refractivity contribution >= 4 is 29.3 Å². The molecule has 3 aromatic rings. The van der Waals surface area contributed by atoms with Crippen molar-refractivity contribution < 1.29 is 9.59 Å². The molecule has 0 radical (unpaired) electrons. The molecule has 2 aromatic heterocycles. The number of nitrogens with zero attached hydrogens (tertiary/aromatic N) is 5. The summed E-state index contributed by atoms with van der Waals surface area (Å²) in [7, 11) is 0. The van der Waals surface area contributed by atoms with Gasteiger partial charge in [0.15, 0.2) is 0 Å². The second kappa shape index (κ2) is 9.37. The SMILES string of the molecule is C=CC(=O)N1CCc2nn(-c3ccc(C4CC4)cc3)c3c2[C@H](C1)N(C(=O)c1cnc(SC)cc1N)CC3. The van der Waals surface area contributed by atoms with Gasteiger partial charge in [-0.2, -0.15) is 5.10 Å². The molecule has 1 aromatic carbocycles. The highest BCUT2D eigenvalue weighted by Crippen LogP contribution is 2.41. The van der Waals surface area contributed by atoms with Gasteiger partial charge in [0.2, 0.25) is 5.91 Å². The van der Waals surface area contributed by atoms with Crippen LogP contribution in [0.25, 0.3) is 5.69 Å². The summed E-state index contributed by atoms with van der Waals surface area (Å²) in [6, 6.07) is 10.1. The Morgan fingerprint density at radius 2 is 1.95 bits per heavy atom. The lowest BCUT2D eigenvalue weighted by Gasteiger charge is -2.38. The summed E-state index contributed by atoms with van der Waals surface area (Å²) in [6.45, 7) is 5.09. The molecular formula is C28H30N6O2S. The Morgan fingerprint density at radius 1 is 1.16 bits per heavy atom. The van der Waals surface area contributed by atoms with Crippen LogP contribution in [0.2, 0.25) is 0 Å². The molecule has 2 aliphatic heterocycles. The number of aromatic nitrogens is 3. The maximum Gasteiger partial charge on any atom is 0.258 e. The van der Waals surface area contributed by atoms with E-state index in [0.29, 0.717) is 49.6 Å². The lowest BCUT2D eigenvalue weighted by atomic mass is 9.94. The fourth-order valence-corrected chi connectivity index (χ4v) is 5.98. The van der Waals surface area contributed by atoms with Gasteiger partial charge in [0.25, 0.3) is 5.91 Å². The van der Waals surface area contributed by atoms with Crippen molar-refractivity contribution in [2.75, 3.05) is 31.6 Å². The highest BCUT2D eigenvalue weighted by molar-refractivity contribution is 7.98. The Bertz CT molecular complexity index is 1390. The Balaban J connectivity index is 1.40. The Kier molecular flexibility index (Phi) is 6.03. The third-order valence-corrected chi connectivity index (χ3v) is 8.33. The van der Waals surface area contributed by atoms with Crippen LogP contribution in [-0.4, -0.2) is 62.3 Å². The summed E-state index contributed by atoms with van der Waals surface area (Å²) in [5.74, 6) is 0.387. The first-order chi connectivity index (χ1) is 18.0. The Labute approximate surface area is 220 Å². The number of rotatable bonds is 5. The molecule has 2 amide bonds. The zero-order valence-electron chi connectivity index (χ0n) is 20.9. The van der Waals surface area contributed by atoms with Crippen molar-refractivity contribution in [3.63, 3.8) is 0 Å². The number of hydrogen-bond donors (Lipinski definition) is 1. The van der Waals surface area contributed by atoms with Crippen LogP contribution in [0.4, 0.5) is 5.69 Å². The van der Waals surface area contributed by atoms with Gasteiger partial charge in [-0.15, -0.1) is 11.8 Å². The summed E-state index contributed by atoms with van der Waals surface area (Å²) < 4.78 is 2.05. The molecular weight excluding hydrogens is 484 g/mol. The molecule has 2 N–H and O–H groups in total. The van der Waals surface area contributed by atoms with Crippen LogP contribution in [0, 0.1) is 0 Å². The maximum absolute atomic E-state index is 13.8. The molecule has 0 bridgehead atoms. The van der Waals surface area contributed by atoms with Crippen LogP contribution in [0.1, 0.15) is 57.7 Å². The van der Waals surface area contributed by atoms with Crippen LogP contribution < -0.4 is 5.73 Å². The minimum absolute atomic E-state index is 0.140. The van der Waals surface area contributed by atoms with E-state index >= 15 is 0 Å². The third kappa shape index (κ3) is 4.21. The van der Waals surface area contributed by atoms with Gasteiger partial charge in [0, 0.05) is 49.9 Å². The van der Waals surface area contributed by atoms with Crippen LogP contribution in [-0.2, 0) is 17.6 Å². The number of carbonyl (C=O) groups excluding carboxylic acids is 2. The van der Waals surface area contributed by atoms with Crippen LogP contribution in [0.3, 0.4) is 0 Å². The summed E-state index contributed by atoms with van der Waals surface area (Å²) in [4.78, 5) is 34.5. The van der Waals surface area contributed by atoms with E-state index < -0.39 is 0 Å². The molecule has 0 unspecified atom stereocenters. The molecule has 8 nitrogen and oxygen atoms in total. The van der Waals surface area contributed by atoms with Gasteiger partial charge in [0.05, 0.1) is 33.7 Å². The molecule has 1 aliphatic carbocycles. The number of amides is 2. The highest BCUT2D eigenvalue weighted by Gasteiger charge is 2.40. The predicted octanol–water partition coefficient (Wildman–Crippen LogP) is 3.76. The fraction of sp³-hybridized carbons (Fsp3) is 0.357. The van der Waals surface area contributed by atoms with Crippen molar-refractivity contribution in [1.82, 2.24) is 24.6 Å². The average molecular weight is 515 g/mol. The van der Waals surface area contributed by atoms with Gasteiger partial charge < -0.3 is 15.5 Å². The quantitative estimate of drug-likeness (QED) is 0.411. The van der Waals surface area contributed by atoms with E-state index in [0.717, 1.165) is 27.7 Å². The van der Waals surface area contributed by atoms with E-state index in [1.807, 2.05) is 15.8 Å². The highest BCUT2D eigenvalue weighted by atomic mass is 32.2. The average Bonchev–Trinajstić information content (AvgIpc) is 3.73. The van der Waals surface area contributed by atoms with Crippen molar-refractivity contribution in [2.24, 2.45) is 0 Å².